The molecule has 6 nitrogen and oxygen atoms in total. The van der Waals surface area contributed by atoms with Crippen molar-refractivity contribution in [3.63, 3.8) is 0 Å². The maximum atomic E-state index is 8.65. The smallest absolute Gasteiger partial charge is 0.274 e. The summed E-state index contributed by atoms with van der Waals surface area (Å²) in [5, 5.41) is 23.6. The molecule has 0 N–H and O–H groups in total. The van der Waals surface area contributed by atoms with Crippen LogP contribution in [0.3, 0.4) is 0 Å². The molecule has 96 valence electrons. The summed E-state index contributed by atoms with van der Waals surface area (Å²) in [4.78, 5) is 4.17. The summed E-state index contributed by atoms with van der Waals surface area (Å²) in [5.74, 6) is 1.17. The predicted molar refractivity (Wildman–Crippen MR) is 72.8 cm³/mol. The Balaban J connectivity index is 2.07. The monoisotopic (exact) mass is 273 g/mol. The van der Waals surface area contributed by atoms with E-state index in [9.17, 15) is 0 Å². The quantitative estimate of drug-likeness (QED) is 0.731. The minimum absolute atomic E-state index is 0.354. The number of ether oxygens (including phenoxy) is 1. The molecule has 0 saturated heterocycles. The maximum absolute atomic E-state index is 8.65. The minimum Gasteiger partial charge on any atom is -0.412 e. The van der Waals surface area contributed by atoms with Gasteiger partial charge in [0.15, 0.2) is 0 Å². The van der Waals surface area contributed by atoms with Gasteiger partial charge in [-0.1, -0.05) is 11.8 Å². The topological polar surface area (TPSA) is 84.8 Å². The summed E-state index contributed by atoms with van der Waals surface area (Å²) in [6.45, 7) is 0.459. The fraction of sp³-hybridized carbons (Fsp3) is 0.333. The predicted octanol–water partition coefficient (Wildman–Crippen LogP) is 1.96. The lowest BCUT2D eigenvalue weighted by molar-refractivity contribution is 0.268. The Bertz CT molecular complexity index is 535. The van der Waals surface area contributed by atoms with E-state index in [0.717, 1.165) is 0 Å². The molecule has 0 unspecified atom stereocenters. The summed E-state index contributed by atoms with van der Waals surface area (Å²) in [5.41, 5.74) is 0.692. The van der Waals surface area contributed by atoms with E-state index in [1.807, 2.05) is 12.2 Å². The van der Waals surface area contributed by atoms with Crippen molar-refractivity contribution >= 4 is 23.2 Å². The molecule has 7 heteroatoms. The van der Waals surface area contributed by atoms with Gasteiger partial charge >= 0.3 is 0 Å². The fourth-order valence-corrected chi connectivity index (χ4v) is 2.12. The molecule has 0 atom stereocenters. The molecule has 0 saturated carbocycles. The van der Waals surface area contributed by atoms with Gasteiger partial charge in [0.25, 0.3) is 5.23 Å². The number of rotatable bonds is 4. The van der Waals surface area contributed by atoms with Gasteiger partial charge in [-0.05, 0) is 12.2 Å². The van der Waals surface area contributed by atoms with E-state index in [0.29, 0.717) is 41.9 Å². The maximum Gasteiger partial charge on any atom is 0.274 e. The van der Waals surface area contributed by atoms with E-state index >= 15 is 0 Å². The number of allylic oxidation sites excluding steroid dienone is 2. The van der Waals surface area contributed by atoms with Gasteiger partial charge in [0.2, 0.25) is 5.88 Å². The molecule has 0 spiro atoms. The molecular weight excluding hydrogens is 262 g/mol. The number of nitrogens with zero attached hydrogens (tertiary/aromatic N) is 5. The van der Waals surface area contributed by atoms with Crippen LogP contribution in [0.4, 0.5) is 0 Å². The lowest BCUT2D eigenvalue weighted by atomic mass is 10.4. The average Bonchev–Trinajstić information content (AvgIpc) is 3.05. The van der Waals surface area contributed by atoms with E-state index in [-0.39, 0.29) is 0 Å². The summed E-state index contributed by atoms with van der Waals surface area (Å²) in [6, 6.07) is 4.15. The molecule has 0 fully saturated rings. The van der Waals surface area contributed by atoms with Gasteiger partial charge in [0, 0.05) is 18.4 Å². The molecule has 2 aliphatic rings. The van der Waals surface area contributed by atoms with Gasteiger partial charge in [0.05, 0.1) is 25.1 Å². The normalized spacial score (nSPS) is 20.1. The molecule has 0 aliphatic carbocycles. The average molecular weight is 273 g/mol. The van der Waals surface area contributed by atoms with Crippen molar-refractivity contribution in [1.29, 1.82) is 10.5 Å². The van der Waals surface area contributed by atoms with Crippen molar-refractivity contribution in [2.75, 3.05) is 12.3 Å². The molecule has 0 bridgehead atoms. The Morgan fingerprint density at radius 1 is 1.32 bits per heavy atom. The number of hydrogen-bond acceptors (Lipinski definition) is 7. The lowest BCUT2D eigenvalue weighted by Gasteiger charge is -2.12. The molecule has 0 aromatic heterocycles. The first kappa shape index (κ1) is 13.2. The molecule has 0 aromatic rings. The van der Waals surface area contributed by atoms with Crippen LogP contribution in [-0.4, -0.2) is 28.8 Å². The van der Waals surface area contributed by atoms with E-state index < -0.39 is 0 Å². The van der Waals surface area contributed by atoms with Crippen LogP contribution in [0.2, 0.25) is 0 Å². The first-order valence-corrected chi connectivity index (χ1v) is 6.69. The lowest BCUT2D eigenvalue weighted by Crippen LogP contribution is -2.15. The van der Waals surface area contributed by atoms with Crippen molar-refractivity contribution in [2.24, 2.45) is 10.1 Å². The Morgan fingerprint density at radius 3 is 2.84 bits per heavy atom. The Kier molecular flexibility index (Phi) is 4.60. The molecule has 2 rings (SSSR count). The fourth-order valence-electron chi connectivity index (χ4n) is 1.46. The number of hydrazone groups is 1. The molecule has 0 radical (unpaired) electrons. The third-order valence-corrected chi connectivity index (χ3v) is 3.09. The number of nitriles is 2. The summed E-state index contributed by atoms with van der Waals surface area (Å²) < 4.78 is 5.64. The van der Waals surface area contributed by atoms with E-state index in [1.165, 1.54) is 11.8 Å². The van der Waals surface area contributed by atoms with Crippen LogP contribution in [0.1, 0.15) is 12.8 Å². The Labute approximate surface area is 115 Å². The zero-order chi connectivity index (χ0) is 13.5. The highest BCUT2D eigenvalue weighted by Crippen LogP contribution is 2.27. The van der Waals surface area contributed by atoms with Crippen LogP contribution in [-0.2, 0) is 4.74 Å². The second-order valence-corrected chi connectivity index (χ2v) is 4.63. The van der Waals surface area contributed by atoms with Crippen LogP contribution < -0.4 is 0 Å². The number of thioether (sulfide) groups is 1. The van der Waals surface area contributed by atoms with Gasteiger partial charge in [0.1, 0.15) is 5.70 Å². The van der Waals surface area contributed by atoms with Crippen molar-refractivity contribution < 1.29 is 4.74 Å². The molecule has 2 aliphatic heterocycles. The first-order chi connectivity index (χ1) is 9.35. The van der Waals surface area contributed by atoms with Gasteiger partial charge in [-0.3, -0.25) is 4.99 Å². The molecule has 2 heterocycles. The van der Waals surface area contributed by atoms with E-state index in [1.54, 1.807) is 11.2 Å². The van der Waals surface area contributed by atoms with Crippen molar-refractivity contribution in [3.8, 4) is 12.1 Å². The zero-order valence-electron chi connectivity index (χ0n) is 10.1. The largest absolute Gasteiger partial charge is 0.412 e. The first-order valence-electron chi connectivity index (χ1n) is 5.71. The highest BCUT2D eigenvalue weighted by molar-refractivity contribution is 8.13. The molecule has 0 amide bonds. The molecule has 0 aromatic carbocycles. The molecule has 19 heavy (non-hydrogen) atoms. The van der Waals surface area contributed by atoms with Gasteiger partial charge < -0.3 is 4.74 Å². The van der Waals surface area contributed by atoms with E-state index in [2.05, 4.69) is 22.2 Å². The van der Waals surface area contributed by atoms with Crippen LogP contribution in [0, 0.1) is 22.7 Å². The summed E-state index contributed by atoms with van der Waals surface area (Å²) in [6.07, 6.45) is 6.11. The van der Waals surface area contributed by atoms with Gasteiger partial charge in [-0.25, -0.2) is 5.01 Å². The Morgan fingerprint density at radius 2 is 2.16 bits per heavy atom. The number of aliphatic imine (C=N–C) groups is 1. The van der Waals surface area contributed by atoms with Crippen molar-refractivity contribution in [2.45, 2.75) is 12.8 Å². The second-order valence-electron chi connectivity index (χ2n) is 3.58. The second kappa shape index (κ2) is 6.62. The van der Waals surface area contributed by atoms with Gasteiger partial charge in [-0.2, -0.15) is 10.5 Å². The van der Waals surface area contributed by atoms with Crippen molar-refractivity contribution in [1.82, 2.24) is 5.01 Å². The van der Waals surface area contributed by atoms with Crippen LogP contribution in [0.15, 0.2) is 33.8 Å². The molecular formula is C12H11N5OS. The highest BCUT2D eigenvalue weighted by atomic mass is 32.2. The minimum atomic E-state index is 0.354. The SMILES string of the molecule is N#CCCSC1=NN(CCC#N)C(=C2C=CC=N2)O1. The Hall–Kier alpha value is -2.25. The zero-order valence-corrected chi connectivity index (χ0v) is 10.9. The third-order valence-electron chi connectivity index (χ3n) is 2.27. The third kappa shape index (κ3) is 3.36. The van der Waals surface area contributed by atoms with E-state index in [4.69, 9.17) is 15.3 Å². The summed E-state index contributed by atoms with van der Waals surface area (Å²) in [7, 11) is 0. The highest BCUT2D eigenvalue weighted by Gasteiger charge is 2.25. The summed E-state index contributed by atoms with van der Waals surface area (Å²) >= 11 is 1.38. The van der Waals surface area contributed by atoms with Crippen molar-refractivity contribution in [3.05, 3.63) is 23.7 Å². The standard InChI is InChI=1S/C12H11N5OS/c13-5-2-8-17-11(10-4-1-7-15-10)18-12(16-17)19-9-3-6-14/h1,4,7H,2-3,8-9H2. The van der Waals surface area contributed by atoms with Gasteiger partial charge in [-0.15, -0.1) is 5.10 Å². The van der Waals surface area contributed by atoms with Crippen LogP contribution in [0.5, 0.6) is 0 Å². The van der Waals surface area contributed by atoms with Crippen LogP contribution >= 0.6 is 11.8 Å². The van der Waals surface area contributed by atoms with Crippen LogP contribution in [0.25, 0.3) is 0 Å². The number of hydrogen-bond donors (Lipinski definition) is 0.